The molecule has 1 aliphatic rings. The zero-order valence-corrected chi connectivity index (χ0v) is 20.9. The van der Waals surface area contributed by atoms with E-state index in [4.69, 9.17) is 0 Å². The van der Waals surface area contributed by atoms with Gasteiger partial charge in [-0.2, -0.15) is 4.31 Å². The fourth-order valence-electron chi connectivity index (χ4n) is 3.23. The van der Waals surface area contributed by atoms with Crippen molar-refractivity contribution in [3.63, 3.8) is 0 Å². The molecule has 166 valence electrons. The first-order valence-corrected chi connectivity index (χ1v) is 12.0. The molecular formula is C20H28FIN4O2S2. The number of nitrogens with one attached hydrogen (secondary N) is 2. The Morgan fingerprint density at radius 1 is 1.13 bits per heavy atom. The monoisotopic (exact) mass is 566 g/mol. The van der Waals surface area contributed by atoms with Crippen molar-refractivity contribution in [2.75, 3.05) is 26.7 Å². The third kappa shape index (κ3) is 6.63. The molecule has 3 rings (SSSR count). The van der Waals surface area contributed by atoms with Crippen LogP contribution in [0.1, 0.15) is 29.7 Å². The van der Waals surface area contributed by atoms with Gasteiger partial charge in [0.2, 0.25) is 0 Å². The second kappa shape index (κ2) is 12.0. The lowest BCUT2D eigenvalue weighted by Gasteiger charge is -2.25. The van der Waals surface area contributed by atoms with Crippen molar-refractivity contribution in [1.82, 2.24) is 14.9 Å². The summed E-state index contributed by atoms with van der Waals surface area (Å²) in [5, 5.41) is 6.33. The van der Waals surface area contributed by atoms with Crippen molar-refractivity contribution in [3.05, 3.63) is 52.7 Å². The van der Waals surface area contributed by atoms with Crippen molar-refractivity contribution in [3.8, 4) is 0 Å². The summed E-state index contributed by atoms with van der Waals surface area (Å²) in [7, 11) is -1.73. The van der Waals surface area contributed by atoms with Gasteiger partial charge < -0.3 is 10.6 Å². The smallest absolute Gasteiger partial charge is 0.252 e. The van der Waals surface area contributed by atoms with Gasteiger partial charge in [-0.05, 0) is 43.0 Å². The number of benzene rings is 1. The third-order valence-electron chi connectivity index (χ3n) is 4.84. The molecule has 10 heteroatoms. The van der Waals surface area contributed by atoms with Crippen molar-refractivity contribution < 1.29 is 12.8 Å². The highest BCUT2D eigenvalue weighted by Gasteiger charge is 2.27. The molecule has 0 bridgehead atoms. The summed E-state index contributed by atoms with van der Waals surface area (Å²) in [6, 6.07) is 10.2. The standard InChI is InChI=1S/C20H27FN4O2S2.HI/c1-22-20(23-12-11-16-7-3-4-8-18(16)21)24-15-17-9-10-19(28-17)29(26,27)25-13-5-2-6-14-25;/h3-4,7-10H,2,5-6,11-15H2,1H3,(H2,22,23,24);1H. The molecule has 1 aromatic heterocycles. The summed E-state index contributed by atoms with van der Waals surface area (Å²) < 4.78 is 41.1. The minimum Gasteiger partial charge on any atom is -0.356 e. The highest BCUT2D eigenvalue weighted by molar-refractivity contribution is 14.0. The molecule has 1 aromatic carbocycles. The number of nitrogens with zero attached hydrogens (tertiary/aromatic N) is 2. The number of halogens is 2. The van der Waals surface area contributed by atoms with E-state index >= 15 is 0 Å². The second-order valence-corrected chi connectivity index (χ2v) is 10.2. The van der Waals surface area contributed by atoms with E-state index in [1.807, 2.05) is 12.1 Å². The Hall–Kier alpha value is -1.24. The minimum atomic E-state index is -3.39. The third-order valence-corrected chi connectivity index (χ3v) is 8.30. The Kier molecular flexibility index (Phi) is 9.98. The summed E-state index contributed by atoms with van der Waals surface area (Å²) in [4.78, 5) is 5.08. The molecule has 0 spiro atoms. The minimum absolute atomic E-state index is 0. The van der Waals surface area contributed by atoms with Gasteiger partial charge in [-0.15, -0.1) is 35.3 Å². The van der Waals surface area contributed by atoms with Gasteiger partial charge in [0.25, 0.3) is 10.0 Å². The van der Waals surface area contributed by atoms with Crippen LogP contribution in [0.15, 0.2) is 45.6 Å². The van der Waals surface area contributed by atoms with E-state index in [1.165, 1.54) is 17.4 Å². The normalized spacial score (nSPS) is 15.5. The molecule has 0 saturated carbocycles. The second-order valence-electron chi connectivity index (χ2n) is 6.88. The molecule has 1 fully saturated rings. The van der Waals surface area contributed by atoms with Crippen LogP contribution < -0.4 is 10.6 Å². The zero-order chi connectivity index (χ0) is 20.7. The van der Waals surface area contributed by atoms with E-state index in [-0.39, 0.29) is 29.8 Å². The summed E-state index contributed by atoms with van der Waals surface area (Å²) in [5.41, 5.74) is 0.654. The highest BCUT2D eigenvalue weighted by Crippen LogP contribution is 2.27. The SMILES string of the molecule is CN=C(NCCc1ccccc1F)NCc1ccc(S(=O)(=O)N2CCCCC2)s1.I. The quantitative estimate of drug-likeness (QED) is 0.306. The van der Waals surface area contributed by atoms with Crippen LogP contribution in [0.4, 0.5) is 4.39 Å². The largest absolute Gasteiger partial charge is 0.356 e. The van der Waals surface area contributed by atoms with Gasteiger partial charge >= 0.3 is 0 Å². The first-order valence-electron chi connectivity index (χ1n) is 9.77. The fraction of sp³-hybridized carbons (Fsp3) is 0.450. The lowest BCUT2D eigenvalue weighted by molar-refractivity contribution is 0.347. The Balaban J connectivity index is 0.00000320. The van der Waals surface area contributed by atoms with Crippen LogP contribution in [0.5, 0.6) is 0 Å². The van der Waals surface area contributed by atoms with Gasteiger partial charge in [0.15, 0.2) is 5.96 Å². The predicted molar refractivity (Wildman–Crippen MR) is 131 cm³/mol. The average Bonchev–Trinajstić information content (AvgIpc) is 3.22. The summed E-state index contributed by atoms with van der Waals surface area (Å²) in [6.45, 7) is 2.22. The molecule has 2 N–H and O–H groups in total. The van der Waals surface area contributed by atoms with Crippen molar-refractivity contribution >= 4 is 51.3 Å². The maximum Gasteiger partial charge on any atom is 0.252 e. The van der Waals surface area contributed by atoms with E-state index in [9.17, 15) is 12.8 Å². The van der Waals surface area contributed by atoms with Crippen LogP contribution in [0.2, 0.25) is 0 Å². The summed E-state index contributed by atoms with van der Waals surface area (Å²) >= 11 is 1.28. The highest BCUT2D eigenvalue weighted by atomic mass is 127. The lowest BCUT2D eigenvalue weighted by Crippen LogP contribution is -2.37. The van der Waals surface area contributed by atoms with Crippen LogP contribution in [0, 0.1) is 5.82 Å². The Bertz CT molecular complexity index is 944. The molecule has 0 atom stereocenters. The number of aliphatic imine (C=N–C) groups is 1. The van der Waals surface area contributed by atoms with Gasteiger partial charge in [-0.25, -0.2) is 12.8 Å². The molecule has 1 saturated heterocycles. The molecule has 30 heavy (non-hydrogen) atoms. The molecule has 0 unspecified atom stereocenters. The van der Waals surface area contributed by atoms with Crippen LogP contribution in [0.25, 0.3) is 0 Å². The van der Waals surface area contributed by atoms with E-state index in [0.717, 1.165) is 24.1 Å². The lowest BCUT2D eigenvalue weighted by atomic mass is 10.1. The molecular weight excluding hydrogens is 538 g/mol. The van der Waals surface area contributed by atoms with Crippen molar-refractivity contribution in [2.45, 2.75) is 36.4 Å². The maximum atomic E-state index is 13.7. The van der Waals surface area contributed by atoms with Gasteiger partial charge in [0.05, 0.1) is 6.54 Å². The summed E-state index contributed by atoms with van der Waals surface area (Å²) in [5.74, 6) is 0.383. The number of piperidine rings is 1. The maximum absolute atomic E-state index is 13.7. The van der Waals surface area contributed by atoms with E-state index in [0.29, 0.717) is 48.3 Å². The summed E-state index contributed by atoms with van der Waals surface area (Å²) in [6.07, 6.45) is 3.49. The average molecular weight is 567 g/mol. The molecule has 0 aliphatic carbocycles. The molecule has 6 nitrogen and oxygen atoms in total. The first kappa shape index (κ1) is 25.0. The van der Waals surface area contributed by atoms with E-state index < -0.39 is 10.0 Å². The number of thiophene rings is 1. The van der Waals surface area contributed by atoms with Crippen LogP contribution in [-0.4, -0.2) is 45.4 Å². The Labute approximate surface area is 199 Å². The molecule has 2 aromatic rings. The number of sulfonamides is 1. The van der Waals surface area contributed by atoms with Crippen molar-refractivity contribution in [2.24, 2.45) is 4.99 Å². The van der Waals surface area contributed by atoms with Gasteiger partial charge in [0, 0.05) is 31.6 Å². The molecule has 0 radical (unpaired) electrons. The van der Waals surface area contributed by atoms with Crippen molar-refractivity contribution in [1.29, 1.82) is 0 Å². The van der Waals surface area contributed by atoms with E-state index in [2.05, 4.69) is 15.6 Å². The molecule has 1 aliphatic heterocycles. The zero-order valence-electron chi connectivity index (χ0n) is 16.9. The number of rotatable bonds is 7. The van der Waals surface area contributed by atoms with Gasteiger partial charge in [0.1, 0.15) is 10.0 Å². The predicted octanol–water partition coefficient (Wildman–Crippen LogP) is 3.59. The molecule has 2 heterocycles. The first-order chi connectivity index (χ1) is 14.0. The number of guanidine groups is 1. The van der Waals surface area contributed by atoms with Crippen LogP contribution in [0.3, 0.4) is 0 Å². The fourth-order valence-corrected chi connectivity index (χ4v) is 6.20. The van der Waals surface area contributed by atoms with Crippen LogP contribution >= 0.6 is 35.3 Å². The topological polar surface area (TPSA) is 73.8 Å². The Morgan fingerprint density at radius 2 is 1.87 bits per heavy atom. The van der Waals surface area contributed by atoms with Gasteiger partial charge in [-0.3, -0.25) is 4.99 Å². The molecule has 0 amide bonds. The van der Waals surface area contributed by atoms with Gasteiger partial charge in [-0.1, -0.05) is 24.6 Å². The number of hydrogen-bond donors (Lipinski definition) is 2. The number of hydrogen-bond acceptors (Lipinski definition) is 4. The van der Waals surface area contributed by atoms with Crippen LogP contribution in [-0.2, 0) is 23.0 Å². The Morgan fingerprint density at radius 3 is 2.57 bits per heavy atom. The van der Waals surface area contributed by atoms with E-state index in [1.54, 1.807) is 29.6 Å².